The molecule has 0 aliphatic carbocycles. The third-order valence-electron chi connectivity index (χ3n) is 3.14. The Morgan fingerprint density at radius 2 is 1.78 bits per heavy atom. The predicted octanol–water partition coefficient (Wildman–Crippen LogP) is 4.38. The molecule has 3 rings (SSSR count). The number of imidazole rings is 1. The Balaban J connectivity index is 2.23. The molecule has 90 valence electrons. The van der Waals surface area contributed by atoms with Crippen LogP contribution in [0.25, 0.3) is 16.9 Å². The average molecular weight is 301 g/mol. The molecule has 2 heterocycles. The first kappa shape index (κ1) is 11.5. The van der Waals surface area contributed by atoms with E-state index in [4.69, 9.17) is 4.98 Å². The second kappa shape index (κ2) is 4.25. The van der Waals surface area contributed by atoms with Crippen molar-refractivity contribution in [2.45, 2.75) is 13.8 Å². The molecular formula is C15H13BrN2. The second-order valence-electron chi connectivity index (χ2n) is 4.49. The molecule has 0 atom stereocenters. The fourth-order valence-electron chi connectivity index (χ4n) is 2.15. The Morgan fingerprint density at radius 3 is 2.50 bits per heavy atom. The van der Waals surface area contributed by atoms with Gasteiger partial charge in [0.05, 0.1) is 5.69 Å². The Kier molecular flexibility index (Phi) is 2.71. The molecule has 0 bridgehead atoms. The molecule has 0 aliphatic rings. The van der Waals surface area contributed by atoms with Crippen molar-refractivity contribution in [3.8, 4) is 11.3 Å². The van der Waals surface area contributed by atoms with Gasteiger partial charge in [-0.05, 0) is 43.7 Å². The van der Waals surface area contributed by atoms with E-state index in [1.165, 1.54) is 11.3 Å². The van der Waals surface area contributed by atoms with Gasteiger partial charge in [-0.25, -0.2) is 4.98 Å². The van der Waals surface area contributed by atoms with E-state index in [2.05, 4.69) is 64.6 Å². The predicted molar refractivity (Wildman–Crippen MR) is 77.8 cm³/mol. The van der Waals surface area contributed by atoms with Crippen molar-refractivity contribution in [2.75, 3.05) is 0 Å². The fourth-order valence-corrected chi connectivity index (χ4v) is 2.41. The van der Waals surface area contributed by atoms with Gasteiger partial charge < -0.3 is 4.40 Å². The summed E-state index contributed by atoms with van der Waals surface area (Å²) in [4.78, 5) is 4.72. The van der Waals surface area contributed by atoms with E-state index < -0.39 is 0 Å². The molecule has 0 saturated heterocycles. The van der Waals surface area contributed by atoms with Crippen LogP contribution in [-0.4, -0.2) is 9.38 Å². The van der Waals surface area contributed by atoms with Crippen LogP contribution in [0, 0.1) is 13.8 Å². The van der Waals surface area contributed by atoms with Crippen LogP contribution in [0.15, 0.2) is 47.1 Å². The van der Waals surface area contributed by atoms with Crippen LogP contribution in [0.1, 0.15) is 11.3 Å². The van der Waals surface area contributed by atoms with Crippen LogP contribution in [0.2, 0.25) is 0 Å². The third kappa shape index (κ3) is 1.85. The summed E-state index contributed by atoms with van der Waals surface area (Å²) in [6.07, 6.45) is 2.08. The highest BCUT2D eigenvalue weighted by Crippen LogP contribution is 2.25. The minimum absolute atomic E-state index is 1.01. The van der Waals surface area contributed by atoms with Gasteiger partial charge in [0.25, 0.3) is 0 Å². The first-order valence-electron chi connectivity index (χ1n) is 5.86. The summed E-state index contributed by atoms with van der Waals surface area (Å²) in [6, 6.07) is 12.5. The van der Waals surface area contributed by atoms with Crippen molar-refractivity contribution >= 4 is 21.6 Å². The number of rotatable bonds is 1. The topological polar surface area (TPSA) is 17.3 Å². The highest BCUT2D eigenvalue weighted by atomic mass is 79.9. The van der Waals surface area contributed by atoms with Crippen molar-refractivity contribution in [1.29, 1.82) is 0 Å². The lowest BCUT2D eigenvalue weighted by Gasteiger charge is -2.00. The fraction of sp³-hybridized carbons (Fsp3) is 0.133. The zero-order chi connectivity index (χ0) is 12.7. The Bertz CT molecular complexity index is 711. The Labute approximate surface area is 114 Å². The molecule has 18 heavy (non-hydrogen) atoms. The molecule has 2 nitrogen and oxygen atoms in total. The number of benzene rings is 1. The van der Waals surface area contributed by atoms with E-state index in [-0.39, 0.29) is 0 Å². The summed E-state index contributed by atoms with van der Waals surface area (Å²) in [5.74, 6) is 0. The van der Waals surface area contributed by atoms with Gasteiger partial charge in [-0.1, -0.05) is 28.1 Å². The van der Waals surface area contributed by atoms with E-state index >= 15 is 0 Å². The number of pyridine rings is 1. The molecule has 0 radical (unpaired) electrons. The van der Waals surface area contributed by atoms with Gasteiger partial charge in [0.2, 0.25) is 0 Å². The molecule has 3 heteroatoms. The molecule has 0 amide bonds. The summed E-state index contributed by atoms with van der Waals surface area (Å²) < 4.78 is 3.22. The molecule has 0 saturated carbocycles. The lowest BCUT2D eigenvalue weighted by Crippen LogP contribution is -1.87. The Hall–Kier alpha value is -1.61. The number of nitrogens with zero attached hydrogens (tertiary/aromatic N) is 2. The molecule has 0 aliphatic heterocycles. The van der Waals surface area contributed by atoms with Gasteiger partial charge in [0.15, 0.2) is 0 Å². The van der Waals surface area contributed by atoms with Gasteiger partial charge in [-0.15, -0.1) is 0 Å². The number of hydrogen-bond acceptors (Lipinski definition) is 1. The first-order valence-corrected chi connectivity index (χ1v) is 6.66. The van der Waals surface area contributed by atoms with Gasteiger partial charge in [-0.3, -0.25) is 0 Å². The highest BCUT2D eigenvalue weighted by Gasteiger charge is 2.09. The summed E-state index contributed by atoms with van der Waals surface area (Å²) in [5, 5.41) is 0. The van der Waals surface area contributed by atoms with E-state index in [0.717, 1.165) is 21.4 Å². The number of aryl methyl sites for hydroxylation is 2. The molecular weight excluding hydrogens is 288 g/mol. The van der Waals surface area contributed by atoms with Crippen LogP contribution in [0.4, 0.5) is 0 Å². The average Bonchev–Trinajstić information content (AvgIpc) is 2.67. The first-order chi connectivity index (χ1) is 8.65. The molecule has 2 aromatic heterocycles. The van der Waals surface area contributed by atoms with Crippen molar-refractivity contribution in [3.05, 3.63) is 58.3 Å². The number of fused-ring (bicyclic) bond motifs is 1. The maximum absolute atomic E-state index is 4.72. The van der Waals surface area contributed by atoms with E-state index in [1.807, 2.05) is 12.1 Å². The molecule has 1 aromatic carbocycles. The lowest BCUT2D eigenvalue weighted by molar-refractivity contribution is 1.10. The smallest absolute Gasteiger partial charge is 0.137 e. The van der Waals surface area contributed by atoms with Crippen molar-refractivity contribution in [3.63, 3.8) is 0 Å². The van der Waals surface area contributed by atoms with E-state index in [1.54, 1.807) is 0 Å². The zero-order valence-electron chi connectivity index (χ0n) is 10.3. The molecule has 0 N–H and O–H groups in total. The SMILES string of the molecule is Cc1ccn2c(C)c(-c3ccc(Br)cc3)nc2c1. The minimum Gasteiger partial charge on any atom is -0.304 e. The van der Waals surface area contributed by atoms with Gasteiger partial charge in [0.1, 0.15) is 5.65 Å². The van der Waals surface area contributed by atoms with Crippen LogP contribution >= 0.6 is 15.9 Å². The van der Waals surface area contributed by atoms with E-state index in [9.17, 15) is 0 Å². The van der Waals surface area contributed by atoms with Crippen LogP contribution in [0.3, 0.4) is 0 Å². The molecule has 3 aromatic rings. The normalized spacial score (nSPS) is 11.1. The van der Waals surface area contributed by atoms with Crippen molar-refractivity contribution < 1.29 is 0 Å². The standard InChI is InChI=1S/C15H13BrN2/c1-10-7-8-18-11(2)15(17-14(18)9-10)12-3-5-13(16)6-4-12/h3-9H,1-2H3. The maximum atomic E-state index is 4.72. The zero-order valence-corrected chi connectivity index (χ0v) is 11.9. The summed E-state index contributed by atoms with van der Waals surface area (Å²) in [7, 11) is 0. The molecule has 0 unspecified atom stereocenters. The van der Waals surface area contributed by atoms with Gasteiger partial charge >= 0.3 is 0 Å². The van der Waals surface area contributed by atoms with E-state index in [0.29, 0.717) is 0 Å². The summed E-state index contributed by atoms with van der Waals surface area (Å²) in [5.41, 5.74) is 5.61. The number of halogens is 1. The number of aromatic nitrogens is 2. The van der Waals surface area contributed by atoms with Crippen LogP contribution in [0.5, 0.6) is 0 Å². The third-order valence-corrected chi connectivity index (χ3v) is 3.67. The minimum atomic E-state index is 1.01. The lowest BCUT2D eigenvalue weighted by atomic mass is 10.1. The van der Waals surface area contributed by atoms with Crippen LogP contribution < -0.4 is 0 Å². The summed E-state index contributed by atoms with van der Waals surface area (Å²) >= 11 is 3.46. The molecule has 0 spiro atoms. The summed E-state index contributed by atoms with van der Waals surface area (Å²) in [6.45, 7) is 4.19. The Morgan fingerprint density at radius 1 is 1.06 bits per heavy atom. The van der Waals surface area contributed by atoms with Crippen molar-refractivity contribution in [1.82, 2.24) is 9.38 Å². The van der Waals surface area contributed by atoms with Crippen LogP contribution in [-0.2, 0) is 0 Å². The molecule has 0 fully saturated rings. The maximum Gasteiger partial charge on any atom is 0.137 e. The number of hydrogen-bond donors (Lipinski definition) is 0. The largest absolute Gasteiger partial charge is 0.304 e. The highest BCUT2D eigenvalue weighted by molar-refractivity contribution is 9.10. The second-order valence-corrected chi connectivity index (χ2v) is 5.40. The quantitative estimate of drug-likeness (QED) is 0.652. The monoisotopic (exact) mass is 300 g/mol. The van der Waals surface area contributed by atoms with Gasteiger partial charge in [0, 0.05) is 21.9 Å². The van der Waals surface area contributed by atoms with Gasteiger partial charge in [-0.2, -0.15) is 0 Å². The van der Waals surface area contributed by atoms with Crippen molar-refractivity contribution in [2.24, 2.45) is 0 Å².